The summed E-state index contributed by atoms with van der Waals surface area (Å²) in [6, 6.07) is 0.610. The van der Waals surface area contributed by atoms with Crippen LogP contribution in [-0.4, -0.2) is 35.7 Å². The molecular weight excluding hydrogens is 226 g/mol. The highest BCUT2D eigenvalue weighted by Crippen LogP contribution is 2.27. The normalized spacial score (nSPS) is 33.3. The number of nitrogens with one attached hydrogen (secondary N) is 1. The number of hydrogen-bond donors (Lipinski definition) is 3. The summed E-state index contributed by atoms with van der Waals surface area (Å²) in [4.78, 5) is 6.86. The van der Waals surface area contributed by atoms with Crippen LogP contribution in [0.3, 0.4) is 0 Å². The fourth-order valence-corrected chi connectivity index (χ4v) is 2.87. The number of nitrogens with zero attached hydrogens (tertiary/aromatic N) is 2. The molecule has 0 saturated carbocycles. The van der Waals surface area contributed by atoms with E-state index in [9.17, 15) is 0 Å². The molecule has 2 aliphatic heterocycles. The highest BCUT2D eigenvalue weighted by atomic mass is 15.2. The van der Waals surface area contributed by atoms with Gasteiger partial charge < -0.3 is 21.7 Å². The van der Waals surface area contributed by atoms with Gasteiger partial charge in [-0.1, -0.05) is 0 Å². The Hall–Kier alpha value is -1.07. The van der Waals surface area contributed by atoms with E-state index in [1.54, 1.807) is 6.20 Å². The van der Waals surface area contributed by atoms with Crippen LogP contribution >= 0.6 is 0 Å². The lowest BCUT2D eigenvalue weighted by Crippen LogP contribution is -2.48. The van der Waals surface area contributed by atoms with Crippen LogP contribution in [-0.2, 0) is 0 Å². The Kier molecular flexibility index (Phi) is 3.92. The van der Waals surface area contributed by atoms with Crippen molar-refractivity contribution in [3.8, 4) is 0 Å². The van der Waals surface area contributed by atoms with Crippen molar-refractivity contribution in [1.29, 1.82) is 0 Å². The maximum Gasteiger partial charge on any atom is 0.194 e. The first kappa shape index (κ1) is 13.4. The zero-order valence-electron chi connectivity index (χ0n) is 11.4. The maximum absolute atomic E-state index is 6.29. The van der Waals surface area contributed by atoms with E-state index >= 15 is 0 Å². The van der Waals surface area contributed by atoms with Gasteiger partial charge in [0.05, 0.1) is 0 Å². The van der Waals surface area contributed by atoms with Crippen molar-refractivity contribution >= 4 is 5.96 Å². The van der Waals surface area contributed by atoms with E-state index in [1.807, 2.05) is 6.08 Å². The highest BCUT2D eigenvalue weighted by molar-refractivity contribution is 5.80. The molecule has 2 rings (SSSR count). The monoisotopic (exact) mass is 251 g/mol. The molecule has 5 heteroatoms. The number of aliphatic imine (C=N–C) groups is 1. The third-order valence-corrected chi connectivity index (χ3v) is 3.83. The first-order valence-corrected chi connectivity index (χ1v) is 6.81. The minimum absolute atomic E-state index is 0.413. The van der Waals surface area contributed by atoms with Crippen LogP contribution < -0.4 is 16.8 Å². The van der Waals surface area contributed by atoms with E-state index in [0.29, 0.717) is 17.9 Å². The molecule has 0 spiro atoms. The Morgan fingerprint density at radius 1 is 1.61 bits per heavy atom. The van der Waals surface area contributed by atoms with Crippen LogP contribution in [0.2, 0.25) is 0 Å². The molecule has 2 atom stereocenters. The molecule has 0 aromatic heterocycles. The standard InChI is InChI=1S/C13H25N5/c1-10(2)18-7-3-4-11(9-18)8-13(15)5-6-16-12(14)17-13/h5-6,10-11H,3-4,7-9,15H2,1-2H3,(H3,14,16,17). The number of hydrogen-bond acceptors (Lipinski definition) is 5. The largest absolute Gasteiger partial charge is 0.370 e. The van der Waals surface area contributed by atoms with Gasteiger partial charge in [0.15, 0.2) is 5.96 Å². The Bertz CT molecular complexity index is 349. The van der Waals surface area contributed by atoms with Crippen molar-refractivity contribution in [3.63, 3.8) is 0 Å². The fraction of sp³-hybridized carbons (Fsp3) is 0.769. The molecule has 1 fully saturated rings. The van der Waals surface area contributed by atoms with Crippen molar-refractivity contribution in [3.05, 3.63) is 12.3 Å². The van der Waals surface area contributed by atoms with Gasteiger partial charge in [-0.25, -0.2) is 4.99 Å². The quantitative estimate of drug-likeness (QED) is 0.685. The van der Waals surface area contributed by atoms with Crippen LogP contribution in [0.4, 0.5) is 0 Å². The Labute approximate surface area is 109 Å². The molecule has 1 saturated heterocycles. The third-order valence-electron chi connectivity index (χ3n) is 3.83. The minimum Gasteiger partial charge on any atom is -0.370 e. The van der Waals surface area contributed by atoms with Gasteiger partial charge in [-0.3, -0.25) is 0 Å². The highest BCUT2D eigenvalue weighted by Gasteiger charge is 2.31. The molecule has 0 amide bonds. The van der Waals surface area contributed by atoms with Gasteiger partial charge in [0.25, 0.3) is 0 Å². The molecule has 0 aromatic rings. The molecule has 0 aromatic carbocycles. The SMILES string of the molecule is CC(C)N1CCCC(CC2(N)C=CNC(N)=N2)C1. The summed E-state index contributed by atoms with van der Waals surface area (Å²) in [6.07, 6.45) is 7.07. The first-order chi connectivity index (χ1) is 8.48. The molecule has 102 valence electrons. The number of nitrogens with two attached hydrogens (primary N) is 2. The summed E-state index contributed by atoms with van der Waals surface area (Å²) >= 11 is 0. The Morgan fingerprint density at radius 3 is 3.06 bits per heavy atom. The van der Waals surface area contributed by atoms with Crippen LogP contribution in [0.25, 0.3) is 0 Å². The van der Waals surface area contributed by atoms with Crippen molar-refractivity contribution in [1.82, 2.24) is 10.2 Å². The average Bonchev–Trinajstić information content (AvgIpc) is 2.28. The van der Waals surface area contributed by atoms with E-state index < -0.39 is 5.66 Å². The number of guanidine groups is 1. The zero-order chi connectivity index (χ0) is 13.2. The second-order valence-electron chi connectivity index (χ2n) is 5.77. The molecule has 18 heavy (non-hydrogen) atoms. The molecule has 0 radical (unpaired) electrons. The van der Waals surface area contributed by atoms with Crippen LogP contribution in [0.5, 0.6) is 0 Å². The van der Waals surface area contributed by atoms with Gasteiger partial charge in [0, 0.05) is 18.8 Å². The van der Waals surface area contributed by atoms with E-state index in [1.165, 1.54) is 19.4 Å². The van der Waals surface area contributed by atoms with Crippen molar-refractivity contribution < 1.29 is 0 Å². The molecule has 0 bridgehead atoms. The van der Waals surface area contributed by atoms with Gasteiger partial charge in [-0.2, -0.15) is 0 Å². The lowest BCUT2D eigenvalue weighted by Gasteiger charge is -2.38. The van der Waals surface area contributed by atoms with Crippen molar-refractivity contribution in [2.24, 2.45) is 22.4 Å². The molecule has 2 unspecified atom stereocenters. The molecule has 5 N–H and O–H groups in total. The summed E-state index contributed by atoms with van der Waals surface area (Å²) in [6.45, 7) is 6.82. The number of likely N-dealkylation sites (tertiary alicyclic amines) is 1. The van der Waals surface area contributed by atoms with Gasteiger partial charge in [0.2, 0.25) is 0 Å². The van der Waals surface area contributed by atoms with Gasteiger partial charge in [-0.05, 0) is 51.6 Å². The Morgan fingerprint density at radius 2 is 2.39 bits per heavy atom. The summed E-state index contributed by atoms with van der Waals surface area (Å²) in [5.74, 6) is 1.02. The van der Waals surface area contributed by atoms with E-state index in [-0.39, 0.29) is 0 Å². The second kappa shape index (κ2) is 5.28. The van der Waals surface area contributed by atoms with Crippen molar-refractivity contribution in [2.45, 2.75) is 44.8 Å². The topological polar surface area (TPSA) is 79.7 Å². The van der Waals surface area contributed by atoms with Crippen molar-refractivity contribution in [2.75, 3.05) is 13.1 Å². The van der Waals surface area contributed by atoms with Gasteiger partial charge in [-0.15, -0.1) is 0 Å². The van der Waals surface area contributed by atoms with E-state index in [0.717, 1.165) is 13.0 Å². The van der Waals surface area contributed by atoms with Gasteiger partial charge >= 0.3 is 0 Å². The molecule has 2 aliphatic rings. The fourth-order valence-electron chi connectivity index (χ4n) is 2.87. The van der Waals surface area contributed by atoms with Crippen LogP contribution in [0, 0.1) is 5.92 Å². The lowest BCUT2D eigenvalue weighted by atomic mass is 9.88. The van der Waals surface area contributed by atoms with Crippen LogP contribution in [0.1, 0.15) is 33.1 Å². The van der Waals surface area contributed by atoms with Crippen LogP contribution in [0.15, 0.2) is 17.3 Å². The predicted molar refractivity (Wildman–Crippen MR) is 74.9 cm³/mol. The molecule has 2 heterocycles. The lowest BCUT2D eigenvalue weighted by molar-refractivity contribution is 0.126. The average molecular weight is 251 g/mol. The Balaban J connectivity index is 1.96. The molecule has 0 aliphatic carbocycles. The third kappa shape index (κ3) is 3.23. The maximum atomic E-state index is 6.29. The summed E-state index contributed by atoms with van der Waals surface area (Å²) in [5, 5.41) is 2.86. The summed E-state index contributed by atoms with van der Waals surface area (Å²) in [5.41, 5.74) is 11.4. The number of piperidine rings is 1. The first-order valence-electron chi connectivity index (χ1n) is 6.81. The second-order valence-corrected chi connectivity index (χ2v) is 5.77. The summed E-state index contributed by atoms with van der Waals surface area (Å²) < 4.78 is 0. The van der Waals surface area contributed by atoms with Gasteiger partial charge in [0.1, 0.15) is 5.66 Å². The summed E-state index contributed by atoms with van der Waals surface area (Å²) in [7, 11) is 0. The minimum atomic E-state index is -0.625. The van der Waals surface area contributed by atoms with E-state index in [4.69, 9.17) is 11.5 Å². The van der Waals surface area contributed by atoms with E-state index in [2.05, 4.69) is 29.1 Å². The molecule has 5 nitrogen and oxygen atoms in total. The zero-order valence-corrected chi connectivity index (χ0v) is 11.4. The molecular formula is C13H25N5. The smallest absolute Gasteiger partial charge is 0.194 e. The predicted octanol–water partition coefficient (Wildman–Crippen LogP) is 0.584. The number of rotatable bonds is 3.